The normalized spacial score (nSPS) is 22.9. The van der Waals surface area contributed by atoms with Gasteiger partial charge in [0, 0.05) is 17.4 Å². The number of carbonyl (C=O) groups is 2. The Morgan fingerprint density at radius 1 is 1.41 bits per heavy atom. The number of carbonyl (C=O) groups excluding carboxylic acids is 2. The lowest BCUT2D eigenvalue weighted by molar-refractivity contribution is -0.486. The number of nitro groups is 1. The zero-order valence-electron chi connectivity index (χ0n) is 15.0. The molecule has 8 heteroatoms. The fourth-order valence-corrected chi connectivity index (χ4v) is 3.88. The summed E-state index contributed by atoms with van der Waals surface area (Å²) in [6.07, 6.45) is 1.36. The molecule has 1 fully saturated rings. The number of rotatable bonds is 6. The van der Waals surface area contributed by atoms with E-state index in [0.717, 1.165) is 11.1 Å². The molecule has 1 aromatic heterocycles. The van der Waals surface area contributed by atoms with Crippen LogP contribution in [0.5, 0.6) is 0 Å². The van der Waals surface area contributed by atoms with Gasteiger partial charge >= 0.3 is 5.97 Å². The second-order valence-corrected chi connectivity index (χ2v) is 6.62. The fourth-order valence-electron chi connectivity index (χ4n) is 3.88. The Balaban J connectivity index is 2.21. The number of amides is 1. The lowest BCUT2D eigenvalue weighted by atomic mass is 9.64. The van der Waals surface area contributed by atoms with Gasteiger partial charge in [0.25, 0.3) is 0 Å². The molecule has 2 aromatic rings. The highest BCUT2D eigenvalue weighted by molar-refractivity contribution is 6.06. The first-order valence-corrected chi connectivity index (χ1v) is 8.49. The van der Waals surface area contributed by atoms with Gasteiger partial charge in [-0.1, -0.05) is 29.8 Å². The summed E-state index contributed by atoms with van der Waals surface area (Å²) in [4.78, 5) is 36.8. The zero-order valence-corrected chi connectivity index (χ0v) is 15.0. The Morgan fingerprint density at radius 3 is 2.67 bits per heavy atom. The fraction of sp³-hybridized carbons (Fsp3) is 0.368. The number of hydrogen-bond donors (Lipinski definition) is 1. The minimum atomic E-state index is -1.80. The molecule has 0 saturated carbocycles. The average Bonchev–Trinajstić information content (AvgIpc) is 3.28. The number of benzene rings is 1. The maximum atomic E-state index is 13.0. The Morgan fingerprint density at radius 2 is 2.11 bits per heavy atom. The van der Waals surface area contributed by atoms with Crippen molar-refractivity contribution in [3.05, 3.63) is 69.7 Å². The van der Waals surface area contributed by atoms with Crippen LogP contribution in [0, 0.1) is 22.5 Å². The van der Waals surface area contributed by atoms with E-state index < -0.39 is 40.6 Å². The Labute approximate surface area is 155 Å². The van der Waals surface area contributed by atoms with Crippen LogP contribution in [-0.4, -0.2) is 37.0 Å². The molecule has 0 aliphatic carbocycles. The monoisotopic (exact) mass is 372 g/mol. The first kappa shape index (κ1) is 18.6. The molecule has 0 spiro atoms. The third-order valence-corrected chi connectivity index (χ3v) is 5.16. The van der Waals surface area contributed by atoms with Crippen LogP contribution in [0.15, 0.2) is 47.1 Å². The number of methoxy groups -OCH3 is 1. The van der Waals surface area contributed by atoms with Gasteiger partial charge in [-0.3, -0.25) is 19.7 Å². The first-order chi connectivity index (χ1) is 12.9. The molecule has 0 radical (unpaired) electrons. The summed E-state index contributed by atoms with van der Waals surface area (Å²) >= 11 is 0. The minimum Gasteiger partial charge on any atom is -0.469 e. The first-order valence-electron chi connectivity index (χ1n) is 8.49. The number of nitrogens with zero attached hydrogens (tertiary/aromatic N) is 1. The van der Waals surface area contributed by atoms with E-state index in [1.807, 2.05) is 31.2 Å². The molecule has 0 bridgehead atoms. The van der Waals surface area contributed by atoms with E-state index in [-0.39, 0.29) is 12.3 Å². The number of nitrogens with one attached hydrogen (secondary N) is 1. The summed E-state index contributed by atoms with van der Waals surface area (Å²) in [6.45, 7) is 1.46. The second-order valence-electron chi connectivity index (χ2n) is 6.62. The van der Waals surface area contributed by atoms with Crippen LogP contribution in [0.3, 0.4) is 0 Å². The topological polar surface area (TPSA) is 112 Å². The molecule has 1 aliphatic rings. The maximum absolute atomic E-state index is 13.0. The predicted octanol–water partition coefficient (Wildman–Crippen LogP) is 2.02. The van der Waals surface area contributed by atoms with Gasteiger partial charge in [0.15, 0.2) is 5.41 Å². The molecule has 1 N–H and O–H groups in total. The van der Waals surface area contributed by atoms with E-state index in [1.165, 1.54) is 19.4 Å². The SMILES string of the molecule is COC(=O)[C@@]1([C@H](C[N+](=O)[O-])c2ccco2)C(=O)NC[C@H]1c1ccc(C)cc1. The smallest absolute Gasteiger partial charge is 0.323 e. The van der Waals surface area contributed by atoms with Crippen LogP contribution in [0.1, 0.15) is 28.7 Å². The number of hydrogen-bond acceptors (Lipinski definition) is 6. The van der Waals surface area contributed by atoms with Crippen LogP contribution in [0.4, 0.5) is 0 Å². The number of furan rings is 1. The van der Waals surface area contributed by atoms with Crippen molar-refractivity contribution in [2.24, 2.45) is 5.41 Å². The Bertz CT molecular complexity index is 846. The number of ether oxygens (including phenoxy) is 1. The van der Waals surface area contributed by atoms with Crippen LogP contribution < -0.4 is 5.32 Å². The van der Waals surface area contributed by atoms with Gasteiger partial charge in [0.1, 0.15) is 11.7 Å². The van der Waals surface area contributed by atoms with Gasteiger partial charge in [-0.25, -0.2) is 0 Å². The lowest BCUT2D eigenvalue weighted by Crippen LogP contribution is -2.49. The van der Waals surface area contributed by atoms with Crippen molar-refractivity contribution >= 4 is 11.9 Å². The van der Waals surface area contributed by atoms with E-state index in [4.69, 9.17) is 9.15 Å². The van der Waals surface area contributed by atoms with Crippen LogP contribution >= 0.6 is 0 Å². The maximum Gasteiger partial charge on any atom is 0.323 e. The van der Waals surface area contributed by atoms with Crippen molar-refractivity contribution in [1.82, 2.24) is 5.32 Å². The summed E-state index contributed by atoms with van der Waals surface area (Å²) in [6, 6.07) is 10.5. The van der Waals surface area contributed by atoms with Gasteiger partial charge in [0.2, 0.25) is 12.5 Å². The van der Waals surface area contributed by atoms with Gasteiger partial charge < -0.3 is 14.5 Å². The molecule has 1 aliphatic heterocycles. The molecule has 1 saturated heterocycles. The Kier molecular flexibility index (Phi) is 4.98. The number of esters is 1. The molecule has 8 nitrogen and oxygen atoms in total. The summed E-state index contributed by atoms with van der Waals surface area (Å²) in [7, 11) is 1.17. The molecule has 1 amide bonds. The lowest BCUT2D eigenvalue weighted by Gasteiger charge is -2.34. The van der Waals surface area contributed by atoms with Gasteiger partial charge in [-0.2, -0.15) is 0 Å². The third-order valence-electron chi connectivity index (χ3n) is 5.16. The molecule has 142 valence electrons. The van der Waals surface area contributed by atoms with Crippen molar-refractivity contribution in [3.63, 3.8) is 0 Å². The molecule has 1 aromatic carbocycles. The van der Waals surface area contributed by atoms with E-state index in [2.05, 4.69) is 5.32 Å². The van der Waals surface area contributed by atoms with Gasteiger partial charge in [0.05, 0.1) is 13.4 Å². The van der Waals surface area contributed by atoms with Crippen molar-refractivity contribution in [3.8, 4) is 0 Å². The molecule has 27 heavy (non-hydrogen) atoms. The second kappa shape index (κ2) is 7.22. The van der Waals surface area contributed by atoms with E-state index in [1.54, 1.807) is 6.07 Å². The Hall–Kier alpha value is -3.16. The summed E-state index contributed by atoms with van der Waals surface area (Å²) in [5, 5.41) is 14.1. The largest absolute Gasteiger partial charge is 0.469 e. The van der Waals surface area contributed by atoms with Crippen LogP contribution in [-0.2, 0) is 14.3 Å². The van der Waals surface area contributed by atoms with E-state index in [0.29, 0.717) is 0 Å². The standard InChI is InChI=1S/C19H20N2O6/c1-12-5-7-13(8-6-12)14-10-20-17(22)19(14,18(23)26-2)15(11-21(24)25)16-4-3-9-27-16/h3-9,14-15H,10-11H2,1-2H3,(H,20,22)/t14-,15+,19-/m0/s1. The summed E-state index contributed by atoms with van der Waals surface area (Å²) in [5.74, 6) is -2.95. The highest BCUT2D eigenvalue weighted by Crippen LogP contribution is 2.51. The minimum absolute atomic E-state index is 0.173. The van der Waals surface area contributed by atoms with Gasteiger partial charge in [-0.05, 0) is 24.6 Å². The number of aryl methyl sites for hydroxylation is 1. The third kappa shape index (κ3) is 3.07. The molecule has 3 atom stereocenters. The van der Waals surface area contributed by atoms with Crippen molar-refractivity contribution < 1.29 is 23.7 Å². The summed E-state index contributed by atoms with van der Waals surface area (Å²) < 4.78 is 10.4. The molecule has 2 heterocycles. The molecule has 3 rings (SSSR count). The van der Waals surface area contributed by atoms with Crippen molar-refractivity contribution in [2.45, 2.75) is 18.8 Å². The van der Waals surface area contributed by atoms with Crippen LogP contribution in [0.2, 0.25) is 0 Å². The molecular formula is C19H20N2O6. The van der Waals surface area contributed by atoms with Gasteiger partial charge in [-0.15, -0.1) is 0 Å². The van der Waals surface area contributed by atoms with E-state index in [9.17, 15) is 19.7 Å². The predicted molar refractivity (Wildman–Crippen MR) is 94.7 cm³/mol. The van der Waals surface area contributed by atoms with Crippen molar-refractivity contribution in [1.29, 1.82) is 0 Å². The van der Waals surface area contributed by atoms with Crippen LogP contribution in [0.25, 0.3) is 0 Å². The van der Waals surface area contributed by atoms with Crippen molar-refractivity contribution in [2.75, 3.05) is 20.2 Å². The highest BCUT2D eigenvalue weighted by atomic mass is 16.6. The molecular weight excluding hydrogens is 352 g/mol. The average molecular weight is 372 g/mol. The zero-order chi connectivity index (χ0) is 19.6. The molecule has 0 unspecified atom stereocenters. The van der Waals surface area contributed by atoms with E-state index >= 15 is 0 Å². The quantitative estimate of drug-likeness (QED) is 0.359. The summed E-state index contributed by atoms with van der Waals surface area (Å²) in [5.41, 5.74) is -0.0496. The highest BCUT2D eigenvalue weighted by Gasteiger charge is 2.64.